The first-order valence-corrected chi connectivity index (χ1v) is 9.31. The van der Waals surface area contributed by atoms with E-state index in [-0.39, 0.29) is 29.4 Å². The smallest absolute Gasteiger partial charge is 0.242 e. The highest BCUT2D eigenvalue weighted by Gasteiger charge is 2.27. The number of anilines is 1. The molecule has 126 valence electrons. The third kappa shape index (κ3) is 4.58. The summed E-state index contributed by atoms with van der Waals surface area (Å²) < 4.78 is 28.7. The molecule has 2 unspecified atom stereocenters. The molecule has 22 heavy (non-hydrogen) atoms. The van der Waals surface area contributed by atoms with Crippen molar-refractivity contribution in [3.8, 4) is 0 Å². The van der Waals surface area contributed by atoms with Crippen LogP contribution in [0, 0.1) is 0 Å². The third-order valence-electron chi connectivity index (χ3n) is 3.79. The van der Waals surface area contributed by atoms with Gasteiger partial charge in [-0.1, -0.05) is 0 Å². The Morgan fingerprint density at radius 2 is 2.05 bits per heavy atom. The van der Waals surface area contributed by atoms with Gasteiger partial charge in [0, 0.05) is 36.3 Å². The summed E-state index contributed by atoms with van der Waals surface area (Å²) in [7, 11) is 0.235. The van der Waals surface area contributed by atoms with E-state index in [1.54, 1.807) is 12.1 Å². The summed E-state index contributed by atoms with van der Waals surface area (Å²) in [6.45, 7) is 2.96. The molecule has 1 aromatic carbocycles. The van der Waals surface area contributed by atoms with Crippen molar-refractivity contribution in [2.24, 2.45) is 0 Å². The zero-order valence-corrected chi connectivity index (χ0v) is 16.2. The molecule has 1 fully saturated rings. The fourth-order valence-corrected chi connectivity index (χ4v) is 4.78. The van der Waals surface area contributed by atoms with Gasteiger partial charge in [-0.3, -0.25) is 0 Å². The van der Waals surface area contributed by atoms with Crippen LogP contribution in [0.2, 0.25) is 0 Å². The molecule has 1 aliphatic heterocycles. The van der Waals surface area contributed by atoms with Crippen molar-refractivity contribution in [1.29, 1.82) is 0 Å². The monoisotopic (exact) mass is 411 g/mol. The molecular formula is C14H23BrClN3O2S. The molecule has 2 N–H and O–H groups in total. The average molecular weight is 413 g/mol. The van der Waals surface area contributed by atoms with Crippen LogP contribution in [0.1, 0.15) is 19.8 Å². The Hall–Kier alpha value is -0.340. The Labute approximate surface area is 147 Å². The number of halogens is 2. The minimum atomic E-state index is -3.54. The van der Waals surface area contributed by atoms with E-state index in [1.165, 1.54) is 0 Å². The molecule has 0 amide bonds. The van der Waals surface area contributed by atoms with Crippen molar-refractivity contribution in [3.63, 3.8) is 0 Å². The Balaban J connectivity index is 0.00000242. The number of benzene rings is 1. The van der Waals surface area contributed by atoms with E-state index in [0.717, 1.165) is 25.1 Å². The van der Waals surface area contributed by atoms with Gasteiger partial charge >= 0.3 is 0 Å². The third-order valence-corrected chi connectivity index (χ3v) is 6.27. The van der Waals surface area contributed by atoms with Gasteiger partial charge in [0.2, 0.25) is 10.0 Å². The minimum Gasteiger partial charge on any atom is -0.378 e. The van der Waals surface area contributed by atoms with Crippen LogP contribution in [0.25, 0.3) is 0 Å². The lowest BCUT2D eigenvalue weighted by molar-refractivity contribution is 0.349. The van der Waals surface area contributed by atoms with Gasteiger partial charge in [-0.05, 0) is 60.4 Å². The second-order valence-electron chi connectivity index (χ2n) is 5.62. The topological polar surface area (TPSA) is 61.4 Å². The molecular weight excluding hydrogens is 390 g/mol. The van der Waals surface area contributed by atoms with Gasteiger partial charge in [0.1, 0.15) is 0 Å². The standard InChI is InChI=1S/C14H22BrN3O2S.ClH/c1-10-13(5-4-8-16-10)17-21(19,20)14-9-11(18(2)3)6-7-12(14)15;/h6-7,9-10,13,16-17H,4-5,8H2,1-3H3;1H. The van der Waals surface area contributed by atoms with Crippen LogP contribution >= 0.6 is 28.3 Å². The van der Waals surface area contributed by atoms with Gasteiger partial charge in [0.25, 0.3) is 0 Å². The number of piperidine rings is 1. The first kappa shape index (κ1) is 19.7. The molecule has 0 aromatic heterocycles. The predicted molar refractivity (Wildman–Crippen MR) is 96.5 cm³/mol. The van der Waals surface area contributed by atoms with Gasteiger partial charge < -0.3 is 10.2 Å². The lowest BCUT2D eigenvalue weighted by atomic mass is 10.0. The zero-order valence-electron chi connectivity index (χ0n) is 13.0. The largest absolute Gasteiger partial charge is 0.378 e. The van der Waals surface area contributed by atoms with Crippen LogP contribution in [-0.4, -0.2) is 41.1 Å². The van der Waals surface area contributed by atoms with Crippen LogP contribution in [0.4, 0.5) is 5.69 Å². The summed E-state index contributed by atoms with van der Waals surface area (Å²) in [5, 5.41) is 3.30. The van der Waals surface area contributed by atoms with E-state index in [9.17, 15) is 8.42 Å². The van der Waals surface area contributed by atoms with E-state index in [0.29, 0.717) is 4.47 Å². The minimum absolute atomic E-state index is 0. The Morgan fingerprint density at radius 3 is 2.64 bits per heavy atom. The molecule has 1 aliphatic rings. The maximum Gasteiger partial charge on any atom is 0.242 e. The highest BCUT2D eigenvalue weighted by atomic mass is 79.9. The lowest BCUT2D eigenvalue weighted by Gasteiger charge is -2.30. The summed E-state index contributed by atoms with van der Waals surface area (Å²) in [6, 6.07) is 5.41. The van der Waals surface area contributed by atoms with E-state index >= 15 is 0 Å². The summed E-state index contributed by atoms with van der Waals surface area (Å²) in [4.78, 5) is 2.17. The molecule has 0 spiro atoms. The quantitative estimate of drug-likeness (QED) is 0.797. The molecule has 2 atom stereocenters. The maximum atomic E-state index is 12.7. The van der Waals surface area contributed by atoms with Gasteiger partial charge in [-0.25, -0.2) is 13.1 Å². The molecule has 0 radical (unpaired) electrons. The van der Waals surface area contributed by atoms with Crippen LogP contribution in [0.5, 0.6) is 0 Å². The van der Waals surface area contributed by atoms with Crippen LogP contribution in [-0.2, 0) is 10.0 Å². The summed E-state index contributed by atoms with van der Waals surface area (Å²) in [5.41, 5.74) is 0.855. The SMILES string of the molecule is CC1NCCCC1NS(=O)(=O)c1cc(N(C)C)ccc1Br.Cl. The second kappa shape index (κ2) is 7.97. The molecule has 2 rings (SSSR count). The fraction of sp³-hybridized carbons (Fsp3) is 0.571. The number of hydrogen-bond acceptors (Lipinski definition) is 4. The number of sulfonamides is 1. The first-order valence-electron chi connectivity index (χ1n) is 7.04. The van der Waals surface area contributed by atoms with Crippen LogP contribution in [0.3, 0.4) is 0 Å². The number of rotatable bonds is 4. The van der Waals surface area contributed by atoms with E-state index < -0.39 is 10.0 Å². The van der Waals surface area contributed by atoms with Crippen molar-refractivity contribution >= 4 is 44.0 Å². The second-order valence-corrected chi connectivity index (χ2v) is 8.16. The summed E-state index contributed by atoms with van der Waals surface area (Å²) in [6.07, 6.45) is 1.84. The van der Waals surface area contributed by atoms with Crippen molar-refractivity contribution in [1.82, 2.24) is 10.0 Å². The highest BCUT2D eigenvalue weighted by Crippen LogP contribution is 2.27. The normalized spacial score (nSPS) is 22.0. The van der Waals surface area contributed by atoms with Gasteiger partial charge in [-0.15, -0.1) is 12.4 Å². The fourth-order valence-electron chi connectivity index (χ4n) is 2.44. The number of nitrogens with zero attached hydrogens (tertiary/aromatic N) is 1. The van der Waals surface area contributed by atoms with Gasteiger partial charge in [0.05, 0.1) is 4.90 Å². The van der Waals surface area contributed by atoms with Crippen molar-refractivity contribution < 1.29 is 8.42 Å². The number of hydrogen-bond donors (Lipinski definition) is 2. The van der Waals surface area contributed by atoms with Crippen molar-refractivity contribution in [3.05, 3.63) is 22.7 Å². The van der Waals surface area contributed by atoms with Crippen molar-refractivity contribution in [2.45, 2.75) is 36.7 Å². The van der Waals surface area contributed by atoms with E-state index in [4.69, 9.17) is 0 Å². The molecule has 1 heterocycles. The Bertz CT molecular complexity index is 610. The van der Waals surface area contributed by atoms with Gasteiger partial charge in [-0.2, -0.15) is 0 Å². The van der Waals surface area contributed by atoms with Crippen molar-refractivity contribution in [2.75, 3.05) is 25.5 Å². The molecule has 0 aliphatic carbocycles. The van der Waals surface area contributed by atoms with Crippen LogP contribution in [0.15, 0.2) is 27.6 Å². The molecule has 8 heteroatoms. The Kier molecular flexibility index (Phi) is 7.14. The number of nitrogens with one attached hydrogen (secondary N) is 2. The van der Waals surface area contributed by atoms with E-state index in [2.05, 4.69) is 26.0 Å². The lowest BCUT2D eigenvalue weighted by Crippen LogP contribution is -2.51. The zero-order chi connectivity index (χ0) is 15.6. The molecule has 5 nitrogen and oxygen atoms in total. The Morgan fingerprint density at radius 1 is 1.36 bits per heavy atom. The predicted octanol–water partition coefficient (Wildman–Crippen LogP) is 2.36. The molecule has 0 bridgehead atoms. The molecule has 1 saturated heterocycles. The molecule has 1 aromatic rings. The van der Waals surface area contributed by atoms with Crippen LogP contribution < -0.4 is 14.9 Å². The van der Waals surface area contributed by atoms with E-state index in [1.807, 2.05) is 32.0 Å². The summed E-state index contributed by atoms with van der Waals surface area (Å²) >= 11 is 3.34. The maximum absolute atomic E-state index is 12.7. The first-order chi connectivity index (χ1) is 9.81. The summed E-state index contributed by atoms with van der Waals surface area (Å²) in [5.74, 6) is 0. The highest BCUT2D eigenvalue weighted by molar-refractivity contribution is 9.10. The molecule has 0 saturated carbocycles. The van der Waals surface area contributed by atoms with Gasteiger partial charge in [0.15, 0.2) is 0 Å². The average Bonchev–Trinajstić information content (AvgIpc) is 2.41.